The Kier molecular flexibility index (Phi) is 1.61. The molecule has 56 valence electrons. The topological polar surface area (TPSA) is 52.6 Å². The van der Waals surface area contributed by atoms with Crippen molar-refractivity contribution in [3.63, 3.8) is 0 Å². The summed E-state index contributed by atoms with van der Waals surface area (Å²) in [4.78, 5) is 21.4. The van der Waals surface area contributed by atoms with Crippen molar-refractivity contribution in [2.24, 2.45) is 5.92 Å². The first-order valence-electron chi connectivity index (χ1n) is 3.02. The minimum absolute atomic E-state index is 0.510. The summed E-state index contributed by atoms with van der Waals surface area (Å²) in [6.45, 7) is 2.96. The molecule has 10 heavy (non-hydrogen) atoms. The Morgan fingerprint density at radius 2 is 1.50 bits per heavy atom. The molecule has 0 aromatic heterocycles. The number of hydrogen-bond donors (Lipinski definition) is 0. The van der Waals surface area contributed by atoms with Crippen molar-refractivity contribution in [3.05, 3.63) is 0 Å². The van der Waals surface area contributed by atoms with Gasteiger partial charge in [0, 0.05) is 6.92 Å². The van der Waals surface area contributed by atoms with Gasteiger partial charge in [-0.2, -0.15) is 0 Å². The van der Waals surface area contributed by atoms with Crippen molar-refractivity contribution >= 4 is 11.9 Å². The molecule has 0 saturated carbocycles. The van der Waals surface area contributed by atoms with Crippen molar-refractivity contribution < 1.29 is 19.1 Å². The van der Waals surface area contributed by atoms with Crippen LogP contribution in [0.3, 0.4) is 0 Å². The lowest BCUT2D eigenvalue weighted by molar-refractivity contribution is -0.207. The molecular weight excluding hydrogens is 136 g/mol. The molecule has 0 aromatic carbocycles. The van der Waals surface area contributed by atoms with E-state index in [4.69, 9.17) is 0 Å². The summed E-state index contributed by atoms with van der Waals surface area (Å²) >= 11 is 0. The highest BCUT2D eigenvalue weighted by molar-refractivity contribution is 5.95. The molecule has 0 amide bonds. The van der Waals surface area contributed by atoms with E-state index in [2.05, 4.69) is 9.47 Å². The maximum absolute atomic E-state index is 10.7. The van der Waals surface area contributed by atoms with Crippen LogP contribution in [0, 0.1) is 5.92 Å². The number of esters is 2. The van der Waals surface area contributed by atoms with Gasteiger partial charge in [0.25, 0.3) is 0 Å². The molecule has 1 saturated heterocycles. The first kappa shape index (κ1) is 7.05. The third-order valence-electron chi connectivity index (χ3n) is 1.27. The minimum Gasteiger partial charge on any atom is -0.425 e. The summed E-state index contributed by atoms with van der Waals surface area (Å²) < 4.78 is 9.17. The van der Waals surface area contributed by atoms with Crippen molar-refractivity contribution in [1.82, 2.24) is 0 Å². The summed E-state index contributed by atoms with van der Waals surface area (Å²) in [7, 11) is 0. The molecule has 1 fully saturated rings. The van der Waals surface area contributed by atoms with E-state index in [-0.39, 0.29) is 0 Å². The van der Waals surface area contributed by atoms with Crippen LogP contribution in [0.5, 0.6) is 0 Å². The van der Waals surface area contributed by atoms with Gasteiger partial charge < -0.3 is 9.47 Å². The van der Waals surface area contributed by atoms with Crippen LogP contribution in [0.1, 0.15) is 13.8 Å². The van der Waals surface area contributed by atoms with Gasteiger partial charge in [0.15, 0.2) is 5.92 Å². The second-order valence-corrected chi connectivity index (χ2v) is 2.16. The first-order chi connectivity index (χ1) is 4.61. The van der Waals surface area contributed by atoms with Gasteiger partial charge in [-0.1, -0.05) is 0 Å². The Hall–Kier alpha value is -1.06. The molecule has 0 unspecified atom stereocenters. The van der Waals surface area contributed by atoms with Gasteiger partial charge in [0.05, 0.1) is 0 Å². The van der Waals surface area contributed by atoms with Gasteiger partial charge in [-0.25, -0.2) is 0 Å². The maximum Gasteiger partial charge on any atom is 0.323 e. The van der Waals surface area contributed by atoms with E-state index in [0.29, 0.717) is 0 Å². The first-order valence-corrected chi connectivity index (χ1v) is 3.02. The molecule has 0 bridgehead atoms. The number of carbonyl (C=O) groups is 2. The van der Waals surface area contributed by atoms with Gasteiger partial charge in [-0.05, 0) is 6.92 Å². The Balaban J connectivity index is 2.66. The van der Waals surface area contributed by atoms with Gasteiger partial charge >= 0.3 is 11.9 Å². The van der Waals surface area contributed by atoms with E-state index in [1.54, 1.807) is 0 Å². The van der Waals surface area contributed by atoms with E-state index in [1.807, 2.05) is 0 Å². The average Bonchev–Trinajstić information content (AvgIpc) is 1.82. The smallest absolute Gasteiger partial charge is 0.323 e. The summed E-state index contributed by atoms with van der Waals surface area (Å²) in [5.74, 6) is -1.79. The zero-order valence-corrected chi connectivity index (χ0v) is 5.79. The lowest BCUT2D eigenvalue weighted by Crippen LogP contribution is -2.37. The zero-order chi connectivity index (χ0) is 7.72. The molecule has 1 heterocycles. The highest BCUT2D eigenvalue weighted by Crippen LogP contribution is 2.12. The molecule has 4 nitrogen and oxygen atoms in total. The van der Waals surface area contributed by atoms with Crippen LogP contribution in [-0.2, 0) is 19.1 Å². The fraction of sp³-hybridized carbons (Fsp3) is 0.667. The molecule has 0 radical (unpaired) electrons. The minimum atomic E-state index is -0.767. The van der Waals surface area contributed by atoms with E-state index in [0.717, 1.165) is 0 Å². The number of hydrogen-bond acceptors (Lipinski definition) is 4. The number of rotatable bonds is 0. The third-order valence-corrected chi connectivity index (χ3v) is 1.27. The van der Waals surface area contributed by atoms with E-state index >= 15 is 0 Å². The van der Waals surface area contributed by atoms with E-state index in [1.165, 1.54) is 13.8 Å². The van der Waals surface area contributed by atoms with Crippen LogP contribution in [0.25, 0.3) is 0 Å². The standard InChI is InChI=1S/C6H8O4/c1-3-5(7)9-4(2)10-6(3)8/h3-4H,1-2H3. The maximum atomic E-state index is 10.7. The summed E-state index contributed by atoms with van der Waals surface area (Å²) in [5.41, 5.74) is 0. The van der Waals surface area contributed by atoms with Crippen molar-refractivity contribution in [2.75, 3.05) is 0 Å². The monoisotopic (exact) mass is 144 g/mol. The Morgan fingerprint density at radius 3 is 1.90 bits per heavy atom. The Bertz CT molecular complexity index is 157. The molecular formula is C6H8O4. The van der Waals surface area contributed by atoms with Crippen LogP contribution in [0.4, 0.5) is 0 Å². The quantitative estimate of drug-likeness (QED) is 0.356. The second-order valence-electron chi connectivity index (χ2n) is 2.16. The highest BCUT2D eigenvalue weighted by atomic mass is 16.7. The molecule has 0 atom stereocenters. The van der Waals surface area contributed by atoms with Crippen molar-refractivity contribution in [3.8, 4) is 0 Å². The highest BCUT2D eigenvalue weighted by Gasteiger charge is 2.32. The summed E-state index contributed by atoms with van der Waals surface area (Å²) in [5, 5.41) is 0. The molecule has 1 rings (SSSR count). The van der Waals surface area contributed by atoms with E-state index in [9.17, 15) is 9.59 Å². The number of cyclic esters (lactones) is 2. The molecule has 4 heteroatoms. The number of ether oxygens (including phenoxy) is 2. The fourth-order valence-corrected chi connectivity index (χ4v) is 0.652. The average molecular weight is 144 g/mol. The summed E-state index contributed by atoms with van der Waals surface area (Å²) in [6, 6.07) is 0. The van der Waals surface area contributed by atoms with E-state index < -0.39 is 24.1 Å². The SMILES string of the molecule is CC1OC(=O)C(C)C(=O)O1. The predicted molar refractivity (Wildman–Crippen MR) is 30.8 cm³/mol. The van der Waals surface area contributed by atoms with Crippen molar-refractivity contribution in [1.29, 1.82) is 0 Å². The molecule has 0 spiro atoms. The lowest BCUT2D eigenvalue weighted by atomic mass is 10.2. The van der Waals surface area contributed by atoms with Crippen molar-refractivity contribution in [2.45, 2.75) is 20.1 Å². The van der Waals surface area contributed by atoms with Gasteiger partial charge in [0.1, 0.15) is 0 Å². The normalized spacial score (nSPS) is 33.0. The van der Waals surface area contributed by atoms with Gasteiger partial charge in [-0.3, -0.25) is 9.59 Å². The number of carbonyl (C=O) groups excluding carboxylic acids is 2. The van der Waals surface area contributed by atoms with Crippen LogP contribution >= 0.6 is 0 Å². The molecule has 0 aromatic rings. The Morgan fingerprint density at radius 1 is 1.10 bits per heavy atom. The summed E-state index contributed by atoms with van der Waals surface area (Å²) in [6.07, 6.45) is -0.726. The zero-order valence-electron chi connectivity index (χ0n) is 5.79. The van der Waals surface area contributed by atoms with Gasteiger partial charge in [-0.15, -0.1) is 0 Å². The molecule has 1 aliphatic heterocycles. The Labute approximate surface area is 58.1 Å². The van der Waals surface area contributed by atoms with Crippen LogP contribution in [-0.4, -0.2) is 18.2 Å². The largest absolute Gasteiger partial charge is 0.425 e. The predicted octanol–water partition coefficient (Wildman–Crippen LogP) is 0.0685. The van der Waals surface area contributed by atoms with Gasteiger partial charge in [0.2, 0.25) is 6.29 Å². The lowest BCUT2D eigenvalue weighted by Gasteiger charge is -2.22. The molecule has 0 aliphatic carbocycles. The third kappa shape index (κ3) is 1.10. The molecule has 0 N–H and O–H groups in total. The fourth-order valence-electron chi connectivity index (χ4n) is 0.652. The molecule has 1 aliphatic rings. The van der Waals surface area contributed by atoms with Crippen LogP contribution < -0.4 is 0 Å². The van der Waals surface area contributed by atoms with Crippen LogP contribution in [0.2, 0.25) is 0 Å². The van der Waals surface area contributed by atoms with Crippen LogP contribution in [0.15, 0.2) is 0 Å². The second kappa shape index (κ2) is 2.28.